The molecule has 1 aromatic rings. The second kappa shape index (κ2) is 7.43. The molecule has 0 bridgehead atoms. The van der Waals surface area contributed by atoms with Crippen LogP contribution in [-0.4, -0.2) is 35.5 Å². The Labute approximate surface area is 92.1 Å². The molecule has 0 fully saturated rings. The molecule has 86 valence electrons. The van der Waals surface area contributed by atoms with Crippen molar-refractivity contribution in [1.29, 1.82) is 0 Å². The van der Waals surface area contributed by atoms with Crippen LogP contribution in [0.2, 0.25) is 0 Å². The summed E-state index contributed by atoms with van der Waals surface area (Å²) in [6.45, 7) is 8.43. The number of aromatic nitrogens is 2. The maximum Gasteiger partial charge on any atom is 0.0534 e. The third-order valence-corrected chi connectivity index (χ3v) is 2.27. The number of hydrogen-bond acceptors (Lipinski definition) is 3. The Morgan fingerprint density at radius 3 is 2.93 bits per heavy atom. The molecule has 0 spiro atoms. The minimum absolute atomic E-state index is 0.520. The largest absolute Gasteiger partial charge is 0.315 e. The van der Waals surface area contributed by atoms with Gasteiger partial charge in [0.1, 0.15) is 0 Å². The first-order chi connectivity index (χ1) is 7.33. The van der Waals surface area contributed by atoms with Gasteiger partial charge in [-0.1, -0.05) is 6.92 Å². The van der Waals surface area contributed by atoms with Crippen LogP contribution in [0.25, 0.3) is 0 Å². The number of nitrogens with one attached hydrogen (secondary N) is 2. The number of rotatable bonds is 8. The third-order valence-electron chi connectivity index (χ3n) is 2.27. The van der Waals surface area contributed by atoms with E-state index in [4.69, 9.17) is 0 Å². The summed E-state index contributed by atoms with van der Waals surface area (Å²) in [6.07, 6.45) is 4.99. The van der Waals surface area contributed by atoms with E-state index in [1.807, 2.05) is 23.1 Å². The zero-order valence-corrected chi connectivity index (χ0v) is 9.74. The van der Waals surface area contributed by atoms with E-state index in [1.165, 1.54) is 6.42 Å². The average molecular weight is 210 g/mol. The Kier molecular flexibility index (Phi) is 6.04. The molecule has 0 aromatic carbocycles. The van der Waals surface area contributed by atoms with Crippen LogP contribution < -0.4 is 10.6 Å². The van der Waals surface area contributed by atoms with E-state index in [2.05, 4.69) is 29.6 Å². The van der Waals surface area contributed by atoms with Gasteiger partial charge >= 0.3 is 0 Å². The standard InChI is InChI=1S/C11H22N4/c1-3-5-12-10-11(2)13-7-9-15-8-4-6-14-15/h4,6,8,11-13H,3,5,7,9-10H2,1-2H3. The van der Waals surface area contributed by atoms with Crippen LogP contribution in [0.15, 0.2) is 18.5 Å². The summed E-state index contributed by atoms with van der Waals surface area (Å²) in [5.41, 5.74) is 0. The zero-order chi connectivity index (χ0) is 10.9. The van der Waals surface area contributed by atoms with Crippen molar-refractivity contribution in [1.82, 2.24) is 20.4 Å². The van der Waals surface area contributed by atoms with E-state index >= 15 is 0 Å². The van der Waals surface area contributed by atoms with Gasteiger partial charge in [0.05, 0.1) is 6.54 Å². The van der Waals surface area contributed by atoms with Crippen molar-refractivity contribution in [3.05, 3.63) is 18.5 Å². The Balaban J connectivity index is 1.99. The van der Waals surface area contributed by atoms with E-state index in [0.717, 1.165) is 26.2 Å². The van der Waals surface area contributed by atoms with E-state index in [9.17, 15) is 0 Å². The Morgan fingerprint density at radius 2 is 2.27 bits per heavy atom. The van der Waals surface area contributed by atoms with Gasteiger partial charge in [0, 0.05) is 31.5 Å². The molecule has 1 rings (SSSR count). The lowest BCUT2D eigenvalue weighted by molar-refractivity contribution is 0.470. The highest BCUT2D eigenvalue weighted by molar-refractivity contribution is 4.77. The van der Waals surface area contributed by atoms with Crippen LogP contribution >= 0.6 is 0 Å². The highest BCUT2D eigenvalue weighted by Gasteiger charge is 1.99. The van der Waals surface area contributed by atoms with E-state index in [-0.39, 0.29) is 0 Å². The lowest BCUT2D eigenvalue weighted by Gasteiger charge is -2.14. The molecule has 1 atom stereocenters. The fourth-order valence-electron chi connectivity index (χ4n) is 1.43. The minimum atomic E-state index is 0.520. The number of hydrogen-bond donors (Lipinski definition) is 2. The molecule has 0 saturated carbocycles. The van der Waals surface area contributed by atoms with Gasteiger partial charge < -0.3 is 10.6 Å². The molecule has 0 radical (unpaired) electrons. The van der Waals surface area contributed by atoms with E-state index in [0.29, 0.717) is 6.04 Å². The average Bonchev–Trinajstić information content (AvgIpc) is 2.71. The van der Waals surface area contributed by atoms with Crippen LogP contribution in [0.3, 0.4) is 0 Å². The molecule has 2 N–H and O–H groups in total. The highest BCUT2D eigenvalue weighted by Crippen LogP contribution is 1.84. The minimum Gasteiger partial charge on any atom is -0.315 e. The fraction of sp³-hybridized carbons (Fsp3) is 0.727. The molecule has 0 aliphatic rings. The Bertz CT molecular complexity index is 233. The van der Waals surface area contributed by atoms with Crippen molar-refractivity contribution >= 4 is 0 Å². The smallest absolute Gasteiger partial charge is 0.0534 e. The molecule has 0 amide bonds. The SMILES string of the molecule is CCCNCC(C)NCCn1cccn1. The molecule has 0 aliphatic carbocycles. The Hall–Kier alpha value is -0.870. The molecule has 1 aromatic heterocycles. The topological polar surface area (TPSA) is 41.9 Å². The molecule has 1 heterocycles. The molecule has 0 saturated heterocycles. The van der Waals surface area contributed by atoms with E-state index in [1.54, 1.807) is 0 Å². The van der Waals surface area contributed by atoms with Crippen LogP contribution in [0.1, 0.15) is 20.3 Å². The predicted molar refractivity (Wildman–Crippen MR) is 62.9 cm³/mol. The maximum atomic E-state index is 4.15. The van der Waals surface area contributed by atoms with Gasteiger partial charge in [0.25, 0.3) is 0 Å². The maximum absolute atomic E-state index is 4.15. The summed E-state index contributed by atoms with van der Waals surface area (Å²) in [6, 6.07) is 2.47. The van der Waals surface area contributed by atoms with Crippen molar-refractivity contribution in [3.8, 4) is 0 Å². The van der Waals surface area contributed by atoms with Crippen molar-refractivity contribution in [2.45, 2.75) is 32.9 Å². The van der Waals surface area contributed by atoms with Crippen molar-refractivity contribution in [3.63, 3.8) is 0 Å². The monoisotopic (exact) mass is 210 g/mol. The summed E-state index contributed by atoms with van der Waals surface area (Å²) >= 11 is 0. The van der Waals surface area contributed by atoms with Crippen LogP contribution in [0.4, 0.5) is 0 Å². The van der Waals surface area contributed by atoms with Crippen molar-refractivity contribution in [2.24, 2.45) is 0 Å². The normalized spacial score (nSPS) is 12.9. The van der Waals surface area contributed by atoms with Gasteiger partial charge in [-0.25, -0.2) is 0 Å². The van der Waals surface area contributed by atoms with Gasteiger partial charge in [-0.05, 0) is 26.0 Å². The van der Waals surface area contributed by atoms with Gasteiger partial charge in [-0.3, -0.25) is 4.68 Å². The third kappa shape index (κ3) is 5.54. The lowest BCUT2D eigenvalue weighted by Crippen LogP contribution is -2.38. The zero-order valence-electron chi connectivity index (χ0n) is 9.74. The first kappa shape index (κ1) is 12.2. The first-order valence-electron chi connectivity index (χ1n) is 5.74. The second-order valence-electron chi connectivity index (χ2n) is 3.83. The molecular formula is C11H22N4. The van der Waals surface area contributed by atoms with E-state index < -0.39 is 0 Å². The first-order valence-corrected chi connectivity index (χ1v) is 5.74. The van der Waals surface area contributed by atoms with Crippen LogP contribution in [0, 0.1) is 0 Å². The lowest BCUT2D eigenvalue weighted by atomic mass is 10.3. The highest BCUT2D eigenvalue weighted by atomic mass is 15.3. The van der Waals surface area contributed by atoms with Crippen LogP contribution in [0.5, 0.6) is 0 Å². The Morgan fingerprint density at radius 1 is 1.40 bits per heavy atom. The van der Waals surface area contributed by atoms with Crippen molar-refractivity contribution in [2.75, 3.05) is 19.6 Å². The molecule has 4 nitrogen and oxygen atoms in total. The van der Waals surface area contributed by atoms with Crippen molar-refractivity contribution < 1.29 is 0 Å². The van der Waals surface area contributed by atoms with Crippen LogP contribution in [-0.2, 0) is 6.54 Å². The summed E-state index contributed by atoms with van der Waals surface area (Å²) in [5, 5.41) is 11.0. The van der Waals surface area contributed by atoms with Gasteiger partial charge in [-0.15, -0.1) is 0 Å². The molecule has 4 heteroatoms. The predicted octanol–water partition coefficient (Wildman–Crippen LogP) is 0.861. The van der Waals surface area contributed by atoms with Gasteiger partial charge in [-0.2, -0.15) is 5.10 Å². The second-order valence-corrected chi connectivity index (χ2v) is 3.83. The molecule has 15 heavy (non-hydrogen) atoms. The molecular weight excluding hydrogens is 188 g/mol. The summed E-state index contributed by atoms with van der Waals surface area (Å²) < 4.78 is 1.94. The molecule has 1 unspecified atom stereocenters. The molecule has 0 aliphatic heterocycles. The quantitative estimate of drug-likeness (QED) is 0.625. The number of nitrogens with zero attached hydrogens (tertiary/aromatic N) is 2. The summed E-state index contributed by atoms with van der Waals surface area (Å²) in [5.74, 6) is 0. The fourth-order valence-corrected chi connectivity index (χ4v) is 1.43. The summed E-state index contributed by atoms with van der Waals surface area (Å²) in [4.78, 5) is 0. The van der Waals surface area contributed by atoms with Gasteiger partial charge in [0.15, 0.2) is 0 Å². The summed E-state index contributed by atoms with van der Waals surface area (Å²) in [7, 11) is 0. The van der Waals surface area contributed by atoms with Gasteiger partial charge in [0.2, 0.25) is 0 Å².